The zero-order valence-corrected chi connectivity index (χ0v) is 5.52. The van der Waals surface area contributed by atoms with Crippen LogP contribution in [-0.4, -0.2) is 47.2 Å². The van der Waals surface area contributed by atoms with Crippen molar-refractivity contribution in [2.75, 3.05) is 13.7 Å². The van der Waals surface area contributed by atoms with Gasteiger partial charge in [0.05, 0.1) is 13.7 Å². The highest BCUT2D eigenvalue weighted by molar-refractivity contribution is 5.74. The summed E-state index contributed by atoms with van der Waals surface area (Å²) in [7, 11) is 1.08. The molecule has 3 N–H and O–H groups in total. The van der Waals surface area contributed by atoms with Crippen molar-refractivity contribution in [3.63, 3.8) is 0 Å². The molecule has 0 heterocycles. The Bertz CT molecular complexity index is 113. The molecule has 0 amide bonds. The van der Waals surface area contributed by atoms with E-state index in [0.717, 1.165) is 7.11 Å². The monoisotopic (exact) mass is 150 g/mol. The molecule has 0 aliphatic rings. The molecule has 5 nitrogen and oxygen atoms in total. The first-order valence-corrected chi connectivity index (χ1v) is 2.68. The molecule has 0 aromatic carbocycles. The van der Waals surface area contributed by atoms with Crippen molar-refractivity contribution in [3.05, 3.63) is 0 Å². The van der Waals surface area contributed by atoms with Gasteiger partial charge in [-0.3, -0.25) is 0 Å². The molecule has 0 unspecified atom stereocenters. The second-order valence-corrected chi connectivity index (χ2v) is 1.72. The van der Waals surface area contributed by atoms with Crippen LogP contribution in [0.3, 0.4) is 0 Å². The number of esters is 1. The Hall–Kier alpha value is -0.650. The third-order valence-corrected chi connectivity index (χ3v) is 0.994. The number of aliphatic hydroxyl groups excluding tert-OH is 3. The van der Waals surface area contributed by atoms with Gasteiger partial charge in [0.2, 0.25) is 0 Å². The minimum atomic E-state index is -1.66. The summed E-state index contributed by atoms with van der Waals surface area (Å²) >= 11 is 0. The largest absolute Gasteiger partial charge is 0.467 e. The quantitative estimate of drug-likeness (QED) is 0.400. The fourth-order valence-corrected chi connectivity index (χ4v) is 0.378. The van der Waals surface area contributed by atoms with E-state index in [2.05, 4.69) is 4.74 Å². The minimum Gasteiger partial charge on any atom is -0.467 e. The molecule has 0 bridgehead atoms. The third kappa shape index (κ3) is 2.30. The number of aliphatic hydroxyl groups is 3. The lowest BCUT2D eigenvalue weighted by Crippen LogP contribution is -2.37. The van der Waals surface area contributed by atoms with Gasteiger partial charge in [0.1, 0.15) is 6.10 Å². The second kappa shape index (κ2) is 4.21. The molecule has 0 spiro atoms. The van der Waals surface area contributed by atoms with Crippen LogP contribution in [0.5, 0.6) is 0 Å². The van der Waals surface area contributed by atoms with Crippen LogP contribution in [0.4, 0.5) is 0 Å². The molecule has 2 atom stereocenters. The number of carbonyl (C=O) groups is 1. The Balaban J connectivity index is 3.81. The van der Waals surface area contributed by atoms with Crippen LogP contribution in [0.2, 0.25) is 0 Å². The molecule has 0 aromatic rings. The first kappa shape index (κ1) is 9.35. The summed E-state index contributed by atoms with van der Waals surface area (Å²) in [6.07, 6.45) is -3.12. The lowest BCUT2D eigenvalue weighted by atomic mass is 10.2. The van der Waals surface area contributed by atoms with E-state index in [0.29, 0.717) is 0 Å². The Morgan fingerprint density at radius 3 is 2.40 bits per heavy atom. The van der Waals surface area contributed by atoms with E-state index in [4.69, 9.17) is 15.3 Å². The molecule has 60 valence electrons. The maximum absolute atomic E-state index is 10.4. The summed E-state index contributed by atoms with van der Waals surface area (Å²) in [5, 5.41) is 25.6. The molecular formula is C5H10O5. The van der Waals surface area contributed by atoms with E-state index in [1.54, 1.807) is 0 Å². The predicted molar refractivity (Wildman–Crippen MR) is 31.1 cm³/mol. The molecule has 0 aliphatic heterocycles. The predicted octanol–water partition coefficient (Wildman–Crippen LogP) is -2.13. The van der Waals surface area contributed by atoms with Crippen molar-refractivity contribution in [2.24, 2.45) is 0 Å². The van der Waals surface area contributed by atoms with Gasteiger partial charge >= 0.3 is 5.97 Å². The molecule has 0 aliphatic carbocycles. The second-order valence-electron chi connectivity index (χ2n) is 1.72. The molecule has 0 fully saturated rings. The van der Waals surface area contributed by atoms with Crippen molar-refractivity contribution >= 4 is 5.97 Å². The van der Waals surface area contributed by atoms with Crippen LogP contribution in [0, 0.1) is 0 Å². The van der Waals surface area contributed by atoms with Gasteiger partial charge in [-0.2, -0.15) is 0 Å². The zero-order valence-electron chi connectivity index (χ0n) is 5.52. The van der Waals surface area contributed by atoms with E-state index < -0.39 is 24.8 Å². The maximum Gasteiger partial charge on any atom is 0.337 e. The summed E-state index contributed by atoms with van der Waals surface area (Å²) in [6, 6.07) is 0. The van der Waals surface area contributed by atoms with Crippen LogP contribution < -0.4 is 0 Å². The normalized spacial score (nSPS) is 16.0. The molecule has 0 saturated carbocycles. The molecule has 5 heteroatoms. The van der Waals surface area contributed by atoms with Gasteiger partial charge in [0.15, 0.2) is 6.10 Å². The summed E-state index contributed by atoms with van der Waals surface area (Å²) in [4.78, 5) is 10.4. The molecule has 0 aromatic heterocycles. The number of hydrogen-bond acceptors (Lipinski definition) is 5. The average molecular weight is 150 g/mol. The molecule has 10 heavy (non-hydrogen) atoms. The highest BCUT2D eigenvalue weighted by Gasteiger charge is 2.23. The number of methoxy groups -OCH3 is 1. The van der Waals surface area contributed by atoms with Gasteiger partial charge in [-0.25, -0.2) is 4.79 Å². The van der Waals surface area contributed by atoms with E-state index in [1.807, 2.05) is 0 Å². The Kier molecular flexibility index (Phi) is 3.94. The van der Waals surface area contributed by atoms with Gasteiger partial charge < -0.3 is 20.1 Å². The van der Waals surface area contributed by atoms with Crippen LogP contribution in [0.15, 0.2) is 0 Å². The summed E-state index contributed by atoms with van der Waals surface area (Å²) in [5.41, 5.74) is 0. The Morgan fingerprint density at radius 1 is 1.60 bits per heavy atom. The number of carbonyl (C=O) groups excluding carboxylic acids is 1. The highest BCUT2D eigenvalue weighted by Crippen LogP contribution is 1.93. The first-order chi connectivity index (χ1) is 4.63. The summed E-state index contributed by atoms with van der Waals surface area (Å²) in [5.74, 6) is -0.957. The van der Waals surface area contributed by atoms with E-state index in [1.165, 1.54) is 0 Å². The number of ether oxygens (including phenoxy) is 1. The van der Waals surface area contributed by atoms with Crippen molar-refractivity contribution in [3.8, 4) is 0 Å². The van der Waals surface area contributed by atoms with Gasteiger partial charge in [0, 0.05) is 0 Å². The van der Waals surface area contributed by atoms with Gasteiger partial charge in [-0.05, 0) is 0 Å². The van der Waals surface area contributed by atoms with Crippen LogP contribution in [-0.2, 0) is 9.53 Å². The smallest absolute Gasteiger partial charge is 0.337 e. The molecule has 0 saturated heterocycles. The third-order valence-electron chi connectivity index (χ3n) is 0.994. The lowest BCUT2D eigenvalue weighted by Gasteiger charge is -2.11. The van der Waals surface area contributed by atoms with Crippen molar-refractivity contribution in [1.82, 2.24) is 0 Å². The summed E-state index contributed by atoms with van der Waals surface area (Å²) in [6.45, 7) is -0.670. The zero-order chi connectivity index (χ0) is 8.15. The Morgan fingerprint density at radius 2 is 2.10 bits per heavy atom. The number of hydrogen-bond donors (Lipinski definition) is 3. The lowest BCUT2D eigenvalue weighted by molar-refractivity contribution is -0.158. The Labute approximate surface area is 57.9 Å². The van der Waals surface area contributed by atoms with Crippen LogP contribution in [0.25, 0.3) is 0 Å². The van der Waals surface area contributed by atoms with E-state index in [9.17, 15) is 4.79 Å². The molecule has 0 radical (unpaired) electrons. The fourth-order valence-electron chi connectivity index (χ4n) is 0.378. The van der Waals surface area contributed by atoms with Crippen LogP contribution >= 0.6 is 0 Å². The summed E-state index contributed by atoms with van der Waals surface area (Å²) < 4.78 is 4.07. The van der Waals surface area contributed by atoms with Gasteiger partial charge in [0.25, 0.3) is 0 Å². The van der Waals surface area contributed by atoms with Gasteiger partial charge in [-0.1, -0.05) is 0 Å². The SMILES string of the molecule is COC(=O)[C@H](O)[C@@H](O)CO. The molecular weight excluding hydrogens is 140 g/mol. The van der Waals surface area contributed by atoms with Crippen molar-refractivity contribution in [2.45, 2.75) is 12.2 Å². The fraction of sp³-hybridized carbons (Fsp3) is 0.800. The topological polar surface area (TPSA) is 87.0 Å². The van der Waals surface area contributed by atoms with Gasteiger partial charge in [-0.15, -0.1) is 0 Å². The minimum absolute atomic E-state index is 0.670. The van der Waals surface area contributed by atoms with E-state index in [-0.39, 0.29) is 0 Å². The standard InChI is InChI=1S/C5H10O5/c1-10-5(9)4(8)3(7)2-6/h3-4,6-8H,2H2,1H3/t3-,4+/m0/s1. The average Bonchev–Trinajstić information content (AvgIpc) is 2.00. The van der Waals surface area contributed by atoms with Crippen molar-refractivity contribution < 1.29 is 24.9 Å². The van der Waals surface area contributed by atoms with Crippen molar-refractivity contribution in [1.29, 1.82) is 0 Å². The molecule has 0 rings (SSSR count). The van der Waals surface area contributed by atoms with E-state index >= 15 is 0 Å². The number of rotatable bonds is 3. The maximum atomic E-state index is 10.4. The highest BCUT2D eigenvalue weighted by atomic mass is 16.5. The first-order valence-electron chi connectivity index (χ1n) is 2.68. The van der Waals surface area contributed by atoms with Crippen LogP contribution in [0.1, 0.15) is 0 Å².